The van der Waals surface area contributed by atoms with Gasteiger partial charge in [-0.3, -0.25) is 24.5 Å². The Kier molecular flexibility index (Phi) is 17.4. The molecule has 1 aliphatic heterocycles. The van der Waals surface area contributed by atoms with Crippen LogP contribution in [0.4, 0.5) is 5.69 Å². The summed E-state index contributed by atoms with van der Waals surface area (Å²) in [7, 11) is 3.06. The monoisotopic (exact) mass is 897 g/mol. The first-order chi connectivity index (χ1) is 31.1. The number of nitro benzene ring substituents is 1. The minimum Gasteiger partial charge on any atom is -0.497 e. The van der Waals surface area contributed by atoms with Crippen molar-refractivity contribution in [3.63, 3.8) is 0 Å². The maximum Gasteiger partial charge on any atom is 0.306 e. The molecule has 344 valence electrons. The Morgan fingerprint density at radius 1 is 0.554 bits per heavy atom. The molecule has 2 unspecified atom stereocenters. The fourth-order valence-electron chi connectivity index (χ4n) is 7.04. The van der Waals surface area contributed by atoms with Crippen LogP contribution in [-0.4, -0.2) is 91.7 Å². The van der Waals surface area contributed by atoms with Gasteiger partial charge >= 0.3 is 17.9 Å². The van der Waals surface area contributed by atoms with Gasteiger partial charge in [-0.05, 0) is 73.9 Å². The van der Waals surface area contributed by atoms with Crippen molar-refractivity contribution < 1.29 is 71.6 Å². The Bertz CT molecular complexity index is 2230. The molecule has 1 aliphatic rings. The predicted octanol–water partition coefficient (Wildman–Crippen LogP) is 6.57. The second-order valence-electron chi connectivity index (χ2n) is 15.2. The van der Waals surface area contributed by atoms with Crippen molar-refractivity contribution in [3.8, 4) is 17.2 Å². The number of methoxy groups -OCH3 is 2. The number of hydrogen-bond donors (Lipinski definition) is 0. The summed E-state index contributed by atoms with van der Waals surface area (Å²) in [6.07, 6.45) is -10.0. The number of ketones is 3. The van der Waals surface area contributed by atoms with Gasteiger partial charge in [0, 0.05) is 31.4 Å². The average Bonchev–Trinajstić information content (AvgIpc) is 3.30. The lowest BCUT2D eigenvalue weighted by Gasteiger charge is -2.45. The Labute approximate surface area is 375 Å². The molecule has 1 saturated heterocycles. The van der Waals surface area contributed by atoms with Crippen molar-refractivity contribution in [1.82, 2.24) is 0 Å². The smallest absolute Gasteiger partial charge is 0.306 e. The van der Waals surface area contributed by atoms with Gasteiger partial charge in [-0.25, -0.2) is 0 Å². The van der Waals surface area contributed by atoms with E-state index in [0.29, 0.717) is 28.2 Å². The molecule has 1 fully saturated rings. The summed E-state index contributed by atoms with van der Waals surface area (Å²) in [6.45, 7) is 3.40. The van der Waals surface area contributed by atoms with Crippen LogP contribution in [0.15, 0.2) is 103 Å². The number of carbonyl (C=O) groups is 6. The third kappa shape index (κ3) is 13.3. The second-order valence-corrected chi connectivity index (χ2v) is 15.2. The highest BCUT2D eigenvalue weighted by atomic mass is 16.7. The normalized spacial score (nSPS) is 18.1. The number of nitro groups is 1. The van der Waals surface area contributed by atoms with Crippen LogP contribution in [0.3, 0.4) is 0 Å². The van der Waals surface area contributed by atoms with E-state index in [9.17, 15) is 38.9 Å². The van der Waals surface area contributed by atoms with E-state index in [1.807, 2.05) is 54.6 Å². The first-order valence-corrected chi connectivity index (χ1v) is 20.7. The van der Waals surface area contributed by atoms with Gasteiger partial charge in [0.15, 0.2) is 12.2 Å². The molecule has 0 radical (unpaired) electrons. The van der Waals surface area contributed by atoms with Crippen molar-refractivity contribution in [1.29, 1.82) is 0 Å². The van der Waals surface area contributed by atoms with Gasteiger partial charge in [-0.15, -0.1) is 0 Å². The van der Waals surface area contributed by atoms with Crippen molar-refractivity contribution in [2.24, 2.45) is 0 Å². The van der Waals surface area contributed by atoms with E-state index in [1.54, 1.807) is 24.3 Å². The van der Waals surface area contributed by atoms with Crippen LogP contribution < -0.4 is 14.2 Å². The highest BCUT2D eigenvalue weighted by molar-refractivity contribution is 5.82. The van der Waals surface area contributed by atoms with E-state index >= 15 is 0 Å². The third-order valence-electron chi connectivity index (χ3n) is 10.4. The Balaban J connectivity index is 1.70. The van der Waals surface area contributed by atoms with E-state index in [4.69, 9.17) is 37.9 Å². The van der Waals surface area contributed by atoms with E-state index in [2.05, 4.69) is 0 Å². The quantitative estimate of drug-likeness (QED) is 0.0253. The molecule has 0 saturated carbocycles. The van der Waals surface area contributed by atoms with Gasteiger partial charge in [-0.2, -0.15) is 0 Å². The molecular formula is C48H51NO16. The van der Waals surface area contributed by atoms with E-state index in [1.165, 1.54) is 59.3 Å². The van der Waals surface area contributed by atoms with Gasteiger partial charge in [0.1, 0.15) is 46.3 Å². The average molecular weight is 898 g/mol. The number of carbonyl (C=O) groups excluding carboxylic acids is 6. The molecule has 65 heavy (non-hydrogen) atoms. The molecule has 5 atom stereocenters. The molecule has 17 heteroatoms. The van der Waals surface area contributed by atoms with Gasteiger partial charge < -0.3 is 52.3 Å². The van der Waals surface area contributed by atoms with Crippen LogP contribution in [0, 0.1) is 10.1 Å². The van der Waals surface area contributed by atoms with Crippen LogP contribution in [0.25, 0.3) is 0 Å². The molecule has 0 aliphatic carbocycles. The summed E-state index contributed by atoms with van der Waals surface area (Å²) in [5.41, 5.74) is 0.145. The molecule has 5 rings (SSSR count). The lowest BCUT2D eigenvalue weighted by Crippen LogP contribution is -2.64. The van der Waals surface area contributed by atoms with Crippen molar-refractivity contribution in [2.75, 3.05) is 20.8 Å². The van der Waals surface area contributed by atoms with Crippen molar-refractivity contribution in [2.45, 2.75) is 95.6 Å². The predicted molar refractivity (Wildman–Crippen MR) is 230 cm³/mol. The summed E-state index contributed by atoms with van der Waals surface area (Å²) in [4.78, 5) is 87.5. The van der Waals surface area contributed by atoms with Crippen LogP contribution in [0.2, 0.25) is 0 Å². The number of rotatable bonds is 23. The lowest BCUT2D eigenvalue weighted by molar-refractivity contribution is -0.384. The molecule has 17 nitrogen and oxygen atoms in total. The zero-order valence-electron chi connectivity index (χ0n) is 36.6. The third-order valence-corrected chi connectivity index (χ3v) is 10.4. The van der Waals surface area contributed by atoms with E-state index in [0.717, 1.165) is 0 Å². The first-order valence-electron chi connectivity index (χ1n) is 20.7. The first kappa shape index (κ1) is 49.0. The number of benzene rings is 4. The fourth-order valence-corrected chi connectivity index (χ4v) is 7.04. The molecule has 0 bridgehead atoms. The largest absolute Gasteiger partial charge is 0.497 e. The van der Waals surface area contributed by atoms with Gasteiger partial charge in [-0.1, -0.05) is 54.6 Å². The van der Waals surface area contributed by atoms with Gasteiger partial charge in [0.25, 0.3) is 5.69 Å². The number of ether oxygens (including phenoxy) is 8. The number of Topliss-reactive ketones (excluding diaryl/α,β-unsaturated/α-hetero) is 3. The highest BCUT2D eigenvalue weighted by Crippen LogP contribution is 2.43. The SMILES string of the molecule is COc1ccc(C(OCC2O[C@H](Oc3ccc([N+](=O)[O-])cc3)C(OC(=O)CCC(C)=O)[C@H](OC(=O)CCC(C)=O)[C@@H]2OC(=O)CCC(C)=O)(c2ccccc2)c2ccc(OC)cc2)cc1. The van der Waals surface area contributed by atoms with Crippen LogP contribution in [0.5, 0.6) is 17.2 Å². The molecule has 4 aromatic rings. The molecule has 1 heterocycles. The lowest BCUT2D eigenvalue weighted by atomic mass is 9.80. The minimum atomic E-state index is -1.73. The Morgan fingerprint density at radius 2 is 0.969 bits per heavy atom. The van der Waals surface area contributed by atoms with Crippen LogP contribution in [-0.2, 0) is 58.1 Å². The summed E-state index contributed by atoms with van der Waals surface area (Å²) < 4.78 is 48.8. The zero-order chi connectivity index (χ0) is 47.1. The maximum atomic E-state index is 13.6. The second kappa shape index (κ2) is 23.1. The number of non-ortho nitro benzene ring substituents is 1. The van der Waals surface area contributed by atoms with Gasteiger partial charge in [0.2, 0.25) is 12.4 Å². The Hall–Kier alpha value is -6.98. The summed E-state index contributed by atoms with van der Waals surface area (Å²) in [5.74, 6) is -2.62. The number of esters is 3. The van der Waals surface area contributed by atoms with Crippen LogP contribution in [0.1, 0.15) is 76.0 Å². The maximum absolute atomic E-state index is 13.6. The molecule has 0 N–H and O–H groups in total. The molecular weight excluding hydrogens is 847 g/mol. The molecule has 4 aromatic carbocycles. The Morgan fingerprint density at radius 3 is 1.40 bits per heavy atom. The van der Waals surface area contributed by atoms with Gasteiger partial charge in [0.05, 0.1) is 45.0 Å². The van der Waals surface area contributed by atoms with Crippen molar-refractivity contribution in [3.05, 3.63) is 130 Å². The van der Waals surface area contributed by atoms with Crippen LogP contribution >= 0.6 is 0 Å². The molecule has 0 spiro atoms. The zero-order valence-corrected chi connectivity index (χ0v) is 36.6. The molecule has 0 amide bonds. The standard InChI is InChI=1S/C48H51NO16/c1-30(50)11-26-41(53)63-44-40(29-60-48(33-9-7-6-8-10-33,34-14-20-37(58-4)21-15-34)35-16-22-38(59-5)23-17-35)62-47(61-39-24-18-36(19-25-39)49(56)57)46(65-43(55)28-13-32(3)52)45(44)64-42(54)27-12-31(2)51/h6-10,14-25,40,44-47H,11-13,26-29H2,1-5H3/t40?,44-,45-,46?,47+/m1/s1. The highest BCUT2D eigenvalue weighted by Gasteiger charge is 2.54. The van der Waals surface area contributed by atoms with E-state index in [-0.39, 0.29) is 54.5 Å². The number of hydrogen-bond acceptors (Lipinski definition) is 16. The minimum absolute atomic E-state index is 0.00119. The summed E-state index contributed by atoms with van der Waals surface area (Å²) >= 11 is 0. The van der Waals surface area contributed by atoms with E-state index < -0.39 is 78.6 Å². The molecule has 0 aromatic heterocycles. The summed E-state index contributed by atoms with van der Waals surface area (Å²) in [6, 6.07) is 28.4. The summed E-state index contributed by atoms with van der Waals surface area (Å²) in [5, 5.41) is 11.5. The topological polar surface area (TPSA) is 219 Å². The number of nitrogens with zero attached hydrogens (tertiary/aromatic N) is 1. The van der Waals surface area contributed by atoms with Crippen molar-refractivity contribution >= 4 is 40.9 Å². The fraction of sp³-hybridized carbons (Fsp3) is 0.375.